The Kier molecular flexibility index (Phi) is 5.42. The monoisotopic (exact) mass is 411 g/mol. The lowest BCUT2D eigenvalue weighted by Crippen LogP contribution is -2.02. The first kappa shape index (κ1) is 20.5. The van der Waals surface area contributed by atoms with Gasteiger partial charge >= 0.3 is 0 Å². The van der Waals surface area contributed by atoms with E-state index in [1.807, 2.05) is 38.1 Å². The molecule has 0 atom stereocenters. The van der Waals surface area contributed by atoms with Crippen LogP contribution in [0.3, 0.4) is 0 Å². The number of phenols is 1. The van der Waals surface area contributed by atoms with E-state index in [-0.39, 0.29) is 5.75 Å². The third-order valence-corrected chi connectivity index (χ3v) is 5.33. The van der Waals surface area contributed by atoms with Gasteiger partial charge in [0.15, 0.2) is 17.5 Å². The molecule has 5 heteroatoms. The highest BCUT2D eigenvalue weighted by Gasteiger charge is 2.17. The normalized spacial score (nSPS) is 10.9. The van der Waals surface area contributed by atoms with E-state index < -0.39 is 0 Å². The van der Waals surface area contributed by atoms with Crippen molar-refractivity contribution < 1.29 is 9.84 Å². The summed E-state index contributed by atoms with van der Waals surface area (Å²) in [5, 5.41) is 10.6. The van der Waals surface area contributed by atoms with Crippen LogP contribution in [0.15, 0.2) is 54.6 Å². The summed E-state index contributed by atoms with van der Waals surface area (Å²) < 4.78 is 5.21. The van der Waals surface area contributed by atoms with Crippen LogP contribution in [0.25, 0.3) is 34.2 Å². The number of benzene rings is 3. The van der Waals surface area contributed by atoms with Gasteiger partial charge in [0.25, 0.3) is 0 Å². The Balaban J connectivity index is 1.96. The van der Waals surface area contributed by atoms with Crippen molar-refractivity contribution in [1.29, 1.82) is 0 Å². The molecule has 1 heterocycles. The van der Waals surface area contributed by atoms with E-state index in [0.29, 0.717) is 28.8 Å². The zero-order valence-corrected chi connectivity index (χ0v) is 18.4. The molecule has 0 aliphatic rings. The van der Waals surface area contributed by atoms with Gasteiger partial charge in [-0.1, -0.05) is 47.5 Å². The topological polar surface area (TPSA) is 68.1 Å². The molecule has 0 saturated heterocycles. The molecule has 0 saturated carbocycles. The van der Waals surface area contributed by atoms with Crippen LogP contribution in [-0.4, -0.2) is 27.2 Å². The molecular formula is C26H25N3O2. The lowest BCUT2D eigenvalue weighted by atomic mass is 10.0. The molecule has 1 aromatic heterocycles. The number of phenolic OH excluding ortho intramolecular Hbond substituents is 1. The van der Waals surface area contributed by atoms with E-state index in [4.69, 9.17) is 19.7 Å². The Bertz CT molecular complexity index is 1210. The van der Waals surface area contributed by atoms with E-state index in [1.165, 1.54) is 11.1 Å². The predicted octanol–water partition coefficient (Wildman–Crippen LogP) is 5.82. The highest BCUT2D eigenvalue weighted by atomic mass is 16.5. The summed E-state index contributed by atoms with van der Waals surface area (Å²) in [6, 6.07) is 17.5. The maximum atomic E-state index is 10.6. The summed E-state index contributed by atoms with van der Waals surface area (Å²) >= 11 is 0. The van der Waals surface area contributed by atoms with Gasteiger partial charge < -0.3 is 9.84 Å². The van der Waals surface area contributed by atoms with Gasteiger partial charge in [-0.2, -0.15) is 0 Å². The van der Waals surface area contributed by atoms with Gasteiger partial charge in [0.05, 0.1) is 12.7 Å². The van der Waals surface area contributed by atoms with E-state index in [0.717, 1.165) is 22.3 Å². The van der Waals surface area contributed by atoms with Gasteiger partial charge in [0.1, 0.15) is 11.5 Å². The van der Waals surface area contributed by atoms with Crippen molar-refractivity contribution in [3.8, 4) is 45.7 Å². The van der Waals surface area contributed by atoms with Crippen LogP contribution in [0, 0.1) is 27.7 Å². The molecule has 0 aliphatic heterocycles. The van der Waals surface area contributed by atoms with Crippen molar-refractivity contribution in [2.45, 2.75) is 27.7 Å². The van der Waals surface area contributed by atoms with Gasteiger partial charge in [0, 0.05) is 17.2 Å². The second-order valence-corrected chi connectivity index (χ2v) is 7.83. The summed E-state index contributed by atoms with van der Waals surface area (Å²) in [5.41, 5.74) is 6.93. The molecular weight excluding hydrogens is 386 g/mol. The number of aryl methyl sites for hydroxylation is 4. The average molecular weight is 412 g/mol. The van der Waals surface area contributed by atoms with Crippen molar-refractivity contribution in [3.05, 3.63) is 76.9 Å². The van der Waals surface area contributed by atoms with Crippen molar-refractivity contribution in [2.75, 3.05) is 7.11 Å². The minimum atomic E-state index is 0.0590. The molecule has 0 aliphatic carbocycles. The molecule has 4 aromatic rings. The molecule has 156 valence electrons. The summed E-state index contributed by atoms with van der Waals surface area (Å²) in [5.74, 6) is 2.20. The lowest BCUT2D eigenvalue weighted by molar-refractivity contribution is 0.408. The quantitative estimate of drug-likeness (QED) is 0.458. The maximum absolute atomic E-state index is 10.6. The number of aromatic hydroxyl groups is 1. The lowest BCUT2D eigenvalue weighted by Gasteiger charge is -2.13. The van der Waals surface area contributed by atoms with Gasteiger partial charge in [-0.15, -0.1) is 0 Å². The number of methoxy groups -OCH3 is 1. The predicted molar refractivity (Wildman–Crippen MR) is 123 cm³/mol. The van der Waals surface area contributed by atoms with Gasteiger partial charge in [0.2, 0.25) is 0 Å². The van der Waals surface area contributed by atoms with Crippen LogP contribution in [0.2, 0.25) is 0 Å². The largest absolute Gasteiger partial charge is 0.507 e. The zero-order chi connectivity index (χ0) is 22.1. The fraction of sp³-hybridized carbons (Fsp3) is 0.192. The average Bonchev–Trinajstić information content (AvgIpc) is 2.73. The molecule has 0 amide bonds. The molecule has 31 heavy (non-hydrogen) atoms. The Morgan fingerprint density at radius 2 is 1.06 bits per heavy atom. The van der Waals surface area contributed by atoms with Gasteiger partial charge in [-0.3, -0.25) is 0 Å². The number of rotatable bonds is 4. The number of nitrogens with zero attached hydrogens (tertiary/aromatic N) is 3. The molecule has 3 aromatic carbocycles. The van der Waals surface area contributed by atoms with Crippen LogP contribution in [-0.2, 0) is 0 Å². The first-order valence-electron chi connectivity index (χ1n) is 10.1. The third kappa shape index (κ3) is 4.12. The summed E-state index contributed by atoms with van der Waals surface area (Å²) in [7, 11) is 1.56. The van der Waals surface area contributed by atoms with Crippen molar-refractivity contribution in [3.63, 3.8) is 0 Å². The number of hydrogen-bond donors (Lipinski definition) is 1. The smallest absolute Gasteiger partial charge is 0.167 e. The van der Waals surface area contributed by atoms with Crippen LogP contribution < -0.4 is 4.74 Å². The maximum Gasteiger partial charge on any atom is 0.167 e. The Morgan fingerprint density at radius 1 is 0.613 bits per heavy atom. The minimum absolute atomic E-state index is 0.0590. The molecule has 4 rings (SSSR count). The Hall–Kier alpha value is -3.73. The molecule has 1 N–H and O–H groups in total. The van der Waals surface area contributed by atoms with Crippen molar-refractivity contribution in [1.82, 2.24) is 15.0 Å². The molecule has 5 nitrogen and oxygen atoms in total. The standard InChI is InChI=1S/C26H25N3O2/c1-15-6-9-20(17(3)12-15)24-27-25(21-10-7-16(2)13-18(21)4)29-26(28-24)22-11-8-19(31-5)14-23(22)30/h6-14,30H,1-5H3. The zero-order valence-electron chi connectivity index (χ0n) is 18.4. The molecule has 0 fully saturated rings. The van der Waals surface area contributed by atoms with Crippen LogP contribution in [0.4, 0.5) is 0 Å². The van der Waals surface area contributed by atoms with Crippen molar-refractivity contribution >= 4 is 0 Å². The fourth-order valence-corrected chi connectivity index (χ4v) is 3.69. The van der Waals surface area contributed by atoms with Gasteiger partial charge in [-0.25, -0.2) is 15.0 Å². The SMILES string of the molecule is COc1ccc(-c2nc(-c3ccc(C)cc3C)nc(-c3ccc(C)cc3C)n2)c(O)c1. The van der Waals surface area contributed by atoms with E-state index in [9.17, 15) is 5.11 Å². The van der Waals surface area contributed by atoms with Crippen LogP contribution >= 0.6 is 0 Å². The highest BCUT2D eigenvalue weighted by molar-refractivity contribution is 5.72. The van der Waals surface area contributed by atoms with Crippen LogP contribution in [0.5, 0.6) is 11.5 Å². The second-order valence-electron chi connectivity index (χ2n) is 7.83. The highest BCUT2D eigenvalue weighted by Crippen LogP contribution is 2.33. The molecule has 0 unspecified atom stereocenters. The fourth-order valence-electron chi connectivity index (χ4n) is 3.69. The van der Waals surface area contributed by atoms with E-state index in [1.54, 1.807) is 25.3 Å². The minimum Gasteiger partial charge on any atom is -0.507 e. The van der Waals surface area contributed by atoms with Crippen LogP contribution in [0.1, 0.15) is 22.3 Å². The third-order valence-electron chi connectivity index (χ3n) is 5.33. The molecule has 0 radical (unpaired) electrons. The van der Waals surface area contributed by atoms with E-state index in [2.05, 4.69) is 26.0 Å². The van der Waals surface area contributed by atoms with Crippen molar-refractivity contribution in [2.24, 2.45) is 0 Å². The number of aromatic nitrogens is 3. The number of ether oxygens (including phenoxy) is 1. The summed E-state index contributed by atoms with van der Waals surface area (Å²) in [6.45, 7) is 8.22. The summed E-state index contributed by atoms with van der Waals surface area (Å²) in [6.07, 6.45) is 0. The van der Waals surface area contributed by atoms with Gasteiger partial charge in [-0.05, 0) is 51.0 Å². The van der Waals surface area contributed by atoms with E-state index >= 15 is 0 Å². The number of hydrogen-bond acceptors (Lipinski definition) is 5. The first-order chi connectivity index (χ1) is 14.9. The Morgan fingerprint density at radius 3 is 1.48 bits per heavy atom. The second kappa shape index (κ2) is 8.19. The molecule has 0 spiro atoms. The Labute approximate surface area is 182 Å². The first-order valence-corrected chi connectivity index (χ1v) is 10.1. The molecule has 0 bridgehead atoms. The summed E-state index contributed by atoms with van der Waals surface area (Å²) in [4.78, 5) is 14.3.